The Balaban J connectivity index is 1.44. The van der Waals surface area contributed by atoms with Crippen LogP contribution in [0.15, 0.2) is 28.9 Å². The number of nitrogens with zero attached hydrogens (tertiary/aromatic N) is 5. The van der Waals surface area contributed by atoms with Crippen molar-refractivity contribution in [2.24, 2.45) is 0 Å². The van der Waals surface area contributed by atoms with Crippen molar-refractivity contribution in [3.63, 3.8) is 0 Å². The summed E-state index contributed by atoms with van der Waals surface area (Å²) in [7, 11) is 0. The lowest BCUT2D eigenvalue weighted by Crippen LogP contribution is -2.49. The normalized spacial score (nSPS) is 17.7. The van der Waals surface area contributed by atoms with E-state index in [-0.39, 0.29) is 11.8 Å². The molecule has 0 spiro atoms. The molecular formula is C20H25N5O3. The first kappa shape index (κ1) is 18.5. The predicted molar refractivity (Wildman–Crippen MR) is 103 cm³/mol. The summed E-state index contributed by atoms with van der Waals surface area (Å²) in [5, 5.41) is 0. The van der Waals surface area contributed by atoms with E-state index in [1.807, 2.05) is 11.8 Å². The van der Waals surface area contributed by atoms with Crippen molar-refractivity contribution in [2.75, 3.05) is 44.2 Å². The van der Waals surface area contributed by atoms with Crippen molar-refractivity contribution in [3.05, 3.63) is 41.7 Å². The van der Waals surface area contributed by atoms with E-state index in [0.29, 0.717) is 43.5 Å². The van der Waals surface area contributed by atoms with Crippen LogP contribution in [0.3, 0.4) is 0 Å². The Hall–Kier alpha value is -2.90. The van der Waals surface area contributed by atoms with Gasteiger partial charge in [0.05, 0.1) is 6.26 Å². The summed E-state index contributed by atoms with van der Waals surface area (Å²) < 4.78 is 5.21. The molecule has 148 valence electrons. The Morgan fingerprint density at radius 3 is 2.32 bits per heavy atom. The van der Waals surface area contributed by atoms with Crippen LogP contribution in [0.5, 0.6) is 0 Å². The monoisotopic (exact) mass is 383 g/mol. The summed E-state index contributed by atoms with van der Waals surface area (Å²) >= 11 is 0. The van der Waals surface area contributed by atoms with Crippen LogP contribution in [-0.4, -0.2) is 70.9 Å². The average molecular weight is 383 g/mol. The van der Waals surface area contributed by atoms with E-state index < -0.39 is 0 Å². The predicted octanol–water partition coefficient (Wildman–Crippen LogP) is 1.97. The Bertz CT molecular complexity index is 838. The van der Waals surface area contributed by atoms with Gasteiger partial charge in [-0.3, -0.25) is 9.59 Å². The van der Waals surface area contributed by atoms with Gasteiger partial charge in [0.2, 0.25) is 0 Å². The summed E-state index contributed by atoms with van der Waals surface area (Å²) in [5.74, 6) is 1.59. The highest BCUT2D eigenvalue weighted by atomic mass is 16.3. The standard InChI is InChI=1S/C20H25N5O3/c1-15-21-16(19(26)24-7-3-2-4-8-24)14-18(22-15)23-9-11-25(12-10-23)20(27)17-6-5-13-28-17/h5-6,13-14H,2-4,7-12H2,1H3. The number of likely N-dealkylation sites (tertiary alicyclic amines) is 1. The van der Waals surface area contributed by atoms with E-state index in [0.717, 1.165) is 31.7 Å². The van der Waals surface area contributed by atoms with Gasteiger partial charge < -0.3 is 19.1 Å². The molecule has 0 N–H and O–H groups in total. The number of rotatable bonds is 3. The molecule has 2 fully saturated rings. The molecule has 2 amide bonds. The molecule has 28 heavy (non-hydrogen) atoms. The van der Waals surface area contributed by atoms with Crippen molar-refractivity contribution >= 4 is 17.6 Å². The van der Waals surface area contributed by atoms with Crippen LogP contribution in [0, 0.1) is 6.92 Å². The first-order valence-electron chi connectivity index (χ1n) is 9.84. The lowest BCUT2D eigenvalue weighted by Gasteiger charge is -2.35. The van der Waals surface area contributed by atoms with Crippen LogP contribution < -0.4 is 4.90 Å². The molecule has 0 unspecified atom stereocenters. The number of furan rings is 1. The molecule has 4 rings (SSSR count). The number of amides is 2. The zero-order valence-electron chi connectivity index (χ0n) is 16.1. The lowest BCUT2D eigenvalue weighted by atomic mass is 10.1. The summed E-state index contributed by atoms with van der Waals surface area (Å²) in [4.78, 5) is 39.9. The number of piperazine rings is 1. The summed E-state index contributed by atoms with van der Waals surface area (Å²) in [6, 6.07) is 5.18. The Labute approximate surface area is 164 Å². The second-order valence-corrected chi connectivity index (χ2v) is 7.27. The minimum absolute atomic E-state index is 0.0157. The highest BCUT2D eigenvalue weighted by Gasteiger charge is 2.26. The second-order valence-electron chi connectivity index (χ2n) is 7.27. The first-order chi connectivity index (χ1) is 13.6. The third-order valence-corrected chi connectivity index (χ3v) is 5.31. The molecule has 0 bridgehead atoms. The number of hydrogen-bond donors (Lipinski definition) is 0. The molecule has 4 heterocycles. The summed E-state index contributed by atoms with van der Waals surface area (Å²) in [6.45, 7) is 5.87. The molecule has 8 heteroatoms. The van der Waals surface area contributed by atoms with Crippen LogP contribution in [0.25, 0.3) is 0 Å². The average Bonchev–Trinajstić information content (AvgIpc) is 3.28. The molecule has 0 atom stereocenters. The maximum atomic E-state index is 12.8. The van der Waals surface area contributed by atoms with Gasteiger partial charge in [-0.05, 0) is 38.3 Å². The Morgan fingerprint density at radius 2 is 1.64 bits per heavy atom. The van der Waals surface area contributed by atoms with Gasteiger partial charge in [-0.1, -0.05) is 0 Å². The fraction of sp³-hybridized carbons (Fsp3) is 0.500. The maximum absolute atomic E-state index is 12.8. The third kappa shape index (κ3) is 3.85. The van der Waals surface area contributed by atoms with Gasteiger partial charge in [0, 0.05) is 45.3 Å². The van der Waals surface area contributed by atoms with Crippen molar-refractivity contribution in [2.45, 2.75) is 26.2 Å². The molecule has 2 aliphatic rings. The first-order valence-corrected chi connectivity index (χ1v) is 9.84. The number of hydrogen-bond acceptors (Lipinski definition) is 6. The number of anilines is 1. The maximum Gasteiger partial charge on any atom is 0.289 e. The van der Waals surface area contributed by atoms with Crippen LogP contribution in [0.4, 0.5) is 5.82 Å². The third-order valence-electron chi connectivity index (χ3n) is 5.31. The van der Waals surface area contributed by atoms with Gasteiger partial charge in [0.15, 0.2) is 5.76 Å². The molecule has 2 aromatic heterocycles. The SMILES string of the molecule is Cc1nc(C(=O)N2CCCCC2)cc(N2CCN(C(=O)c3ccco3)CC2)n1. The van der Waals surface area contributed by atoms with Crippen molar-refractivity contribution in [3.8, 4) is 0 Å². The van der Waals surface area contributed by atoms with E-state index in [4.69, 9.17) is 4.42 Å². The minimum Gasteiger partial charge on any atom is -0.459 e. The van der Waals surface area contributed by atoms with Gasteiger partial charge in [-0.15, -0.1) is 0 Å². The van der Waals surface area contributed by atoms with E-state index in [9.17, 15) is 9.59 Å². The van der Waals surface area contributed by atoms with E-state index in [1.165, 1.54) is 12.7 Å². The fourth-order valence-corrected chi connectivity index (χ4v) is 3.78. The largest absolute Gasteiger partial charge is 0.459 e. The lowest BCUT2D eigenvalue weighted by molar-refractivity contribution is 0.0711. The van der Waals surface area contributed by atoms with Crippen LogP contribution in [-0.2, 0) is 0 Å². The van der Waals surface area contributed by atoms with Gasteiger partial charge >= 0.3 is 0 Å². The zero-order chi connectivity index (χ0) is 19.5. The van der Waals surface area contributed by atoms with Crippen LogP contribution >= 0.6 is 0 Å². The van der Waals surface area contributed by atoms with Crippen LogP contribution in [0.2, 0.25) is 0 Å². The number of carbonyl (C=O) groups excluding carboxylic acids is 2. The van der Waals surface area contributed by atoms with Crippen molar-refractivity contribution in [1.82, 2.24) is 19.8 Å². The van der Waals surface area contributed by atoms with Gasteiger partial charge in [-0.2, -0.15) is 0 Å². The molecular weight excluding hydrogens is 358 g/mol. The molecule has 0 saturated carbocycles. The number of piperidine rings is 1. The van der Waals surface area contributed by atoms with E-state index in [2.05, 4.69) is 14.9 Å². The van der Waals surface area contributed by atoms with Crippen molar-refractivity contribution < 1.29 is 14.0 Å². The van der Waals surface area contributed by atoms with Gasteiger partial charge in [-0.25, -0.2) is 9.97 Å². The second kappa shape index (κ2) is 8.00. The highest BCUT2D eigenvalue weighted by Crippen LogP contribution is 2.19. The van der Waals surface area contributed by atoms with Crippen molar-refractivity contribution in [1.29, 1.82) is 0 Å². The number of carbonyl (C=O) groups is 2. The molecule has 2 aliphatic heterocycles. The Kier molecular flexibility index (Phi) is 5.27. The van der Waals surface area contributed by atoms with E-state index in [1.54, 1.807) is 23.1 Å². The summed E-state index contributed by atoms with van der Waals surface area (Å²) in [6.07, 6.45) is 4.79. The highest BCUT2D eigenvalue weighted by molar-refractivity contribution is 5.93. The van der Waals surface area contributed by atoms with Gasteiger partial charge in [0.1, 0.15) is 17.3 Å². The smallest absolute Gasteiger partial charge is 0.289 e. The van der Waals surface area contributed by atoms with E-state index >= 15 is 0 Å². The molecule has 0 aromatic carbocycles. The zero-order valence-corrected chi connectivity index (χ0v) is 16.1. The molecule has 8 nitrogen and oxygen atoms in total. The molecule has 2 saturated heterocycles. The Morgan fingerprint density at radius 1 is 0.929 bits per heavy atom. The quantitative estimate of drug-likeness (QED) is 0.806. The number of aryl methyl sites for hydroxylation is 1. The summed E-state index contributed by atoms with van der Waals surface area (Å²) in [5.41, 5.74) is 0.457. The minimum atomic E-state index is -0.0931. The van der Waals surface area contributed by atoms with Gasteiger partial charge in [0.25, 0.3) is 11.8 Å². The van der Waals surface area contributed by atoms with Crippen LogP contribution in [0.1, 0.15) is 46.1 Å². The number of aromatic nitrogens is 2. The molecule has 2 aromatic rings. The molecule has 0 aliphatic carbocycles. The fourth-order valence-electron chi connectivity index (χ4n) is 3.78. The topological polar surface area (TPSA) is 82.8 Å². The molecule has 0 radical (unpaired) electrons.